The van der Waals surface area contributed by atoms with E-state index in [1.54, 1.807) is 42.2 Å². The molecule has 0 unspecified atom stereocenters. The third-order valence-corrected chi connectivity index (χ3v) is 4.09. The van der Waals surface area contributed by atoms with Gasteiger partial charge in [-0.05, 0) is 11.6 Å². The van der Waals surface area contributed by atoms with E-state index in [1.807, 2.05) is 0 Å². The Morgan fingerprint density at radius 3 is 2.83 bits per heavy atom. The monoisotopic (exact) mass is 311 g/mol. The Hall–Kier alpha value is -2.76. The number of aryl methyl sites for hydroxylation is 1. The van der Waals surface area contributed by atoms with Crippen molar-refractivity contribution in [1.29, 1.82) is 0 Å². The number of para-hydroxylation sites is 1. The lowest BCUT2D eigenvalue weighted by molar-refractivity contribution is -0.124. The largest absolute Gasteiger partial charge is 0.331 e. The van der Waals surface area contributed by atoms with Crippen LogP contribution in [0.1, 0.15) is 41.2 Å². The molecule has 1 aliphatic heterocycles. The summed E-state index contributed by atoms with van der Waals surface area (Å²) in [6, 6.07) is 7.15. The highest BCUT2D eigenvalue weighted by molar-refractivity contribution is 6.03. The maximum absolute atomic E-state index is 12.5. The number of carbonyl (C=O) groups is 3. The van der Waals surface area contributed by atoms with Crippen molar-refractivity contribution in [3.63, 3.8) is 0 Å². The zero-order chi connectivity index (χ0) is 16.4. The average Bonchev–Trinajstić information content (AvgIpc) is 2.96. The molecule has 0 spiro atoms. The Morgan fingerprint density at radius 1 is 1.30 bits per heavy atom. The minimum absolute atomic E-state index is 0.0747. The van der Waals surface area contributed by atoms with E-state index in [0.29, 0.717) is 16.9 Å². The number of benzene rings is 1. The van der Waals surface area contributed by atoms with Gasteiger partial charge in [-0.25, -0.2) is 4.98 Å². The van der Waals surface area contributed by atoms with Crippen molar-refractivity contribution in [1.82, 2.24) is 9.55 Å². The number of hydrogen-bond donors (Lipinski definition) is 1. The molecule has 1 atom stereocenters. The van der Waals surface area contributed by atoms with Gasteiger partial charge in [-0.15, -0.1) is 0 Å². The van der Waals surface area contributed by atoms with E-state index >= 15 is 0 Å². The molecule has 3 rings (SSSR count). The van der Waals surface area contributed by atoms with E-state index in [-0.39, 0.29) is 36.7 Å². The van der Waals surface area contributed by atoms with Gasteiger partial charge in [0.05, 0.1) is 18.4 Å². The lowest BCUT2D eigenvalue weighted by atomic mass is 9.85. The first-order valence-corrected chi connectivity index (χ1v) is 7.47. The van der Waals surface area contributed by atoms with Crippen molar-refractivity contribution in [2.24, 2.45) is 7.05 Å². The second-order valence-corrected chi connectivity index (χ2v) is 5.67. The van der Waals surface area contributed by atoms with Crippen molar-refractivity contribution >= 4 is 23.2 Å². The SMILES string of the molecule is Cn1cncc1C(=O)C[C@@H]1C(=O)CCC(=O)Nc2ccccc21. The van der Waals surface area contributed by atoms with Gasteiger partial charge in [0.2, 0.25) is 5.91 Å². The number of rotatable bonds is 3. The molecule has 1 N–H and O–H groups in total. The number of amides is 1. The molecule has 23 heavy (non-hydrogen) atoms. The Bertz CT molecular complexity index is 779. The van der Waals surface area contributed by atoms with E-state index in [1.165, 1.54) is 6.20 Å². The zero-order valence-electron chi connectivity index (χ0n) is 12.8. The Morgan fingerprint density at radius 2 is 2.09 bits per heavy atom. The smallest absolute Gasteiger partial charge is 0.224 e. The molecule has 0 radical (unpaired) electrons. The van der Waals surface area contributed by atoms with E-state index in [0.717, 1.165) is 0 Å². The molecule has 118 valence electrons. The number of Topliss-reactive ketones (excluding diaryl/α,β-unsaturated/α-hetero) is 2. The fourth-order valence-corrected chi connectivity index (χ4v) is 2.85. The third-order valence-electron chi connectivity index (χ3n) is 4.09. The molecule has 1 amide bonds. The topological polar surface area (TPSA) is 81.1 Å². The maximum atomic E-state index is 12.5. The number of imidazole rings is 1. The zero-order valence-corrected chi connectivity index (χ0v) is 12.8. The number of carbonyl (C=O) groups excluding carboxylic acids is 3. The summed E-state index contributed by atoms with van der Waals surface area (Å²) in [4.78, 5) is 40.7. The quantitative estimate of drug-likeness (QED) is 0.880. The molecule has 0 aliphatic carbocycles. The summed E-state index contributed by atoms with van der Waals surface area (Å²) in [6.07, 6.45) is 3.42. The fraction of sp³-hybridized carbons (Fsp3) is 0.294. The highest BCUT2D eigenvalue weighted by Gasteiger charge is 2.29. The molecule has 1 aliphatic rings. The lowest BCUT2D eigenvalue weighted by Gasteiger charge is -2.22. The molecule has 0 saturated heterocycles. The van der Waals surface area contributed by atoms with Crippen LogP contribution in [0.3, 0.4) is 0 Å². The lowest BCUT2D eigenvalue weighted by Crippen LogP contribution is -2.25. The van der Waals surface area contributed by atoms with Crippen LogP contribution in [-0.2, 0) is 16.6 Å². The first kappa shape index (κ1) is 15.1. The molecule has 2 aromatic rings. The second-order valence-electron chi connectivity index (χ2n) is 5.67. The predicted octanol–water partition coefficient (Wildman–Crippen LogP) is 2.08. The summed E-state index contributed by atoms with van der Waals surface area (Å²) >= 11 is 0. The van der Waals surface area contributed by atoms with Crippen molar-refractivity contribution in [2.45, 2.75) is 25.2 Å². The number of nitrogens with zero attached hydrogens (tertiary/aromatic N) is 2. The number of fused-ring (bicyclic) bond motifs is 1. The van der Waals surface area contributed by atoms with Crippen molar-refractivity contribution in [3.8, 4) is 0 Å². The van der Waals surface area contributed by atoms with Gasteiger partial charge in [0, 0.05) is 32.0 Å². The summed E-state index contributed by atoms with van der Waals surface area (Å²) < 4.78 is 1.64. The predicted molar refractivity (Wildman–Crippen MR) is 84.2 cm³/mol. The molecule has 1 aromatic heterocycles. The first-order valence-electron chi connectivity index (χ1n) is 7.47. The van der Waals surface area contributed by atoms with Gasteiger partial charge in [0.1, 0.15) is 11.5 Å². The highest BCUT2D eigenvalue weighted by Crippen LogP contribution is 2.32. The van der Waals surface area contributed by atoms with Crippen molar-refractivity contribution in [2.75, 3.05) is 5.32 Å². The van der Waals surface area contributed by atoms with Crippen LogP contribution >= 0.6 is 0 Å². The maximum Gasteiger partial charge on any atom is 0.224 e. The average molecular weight is 311 g/mol. The second kappa shape index (κ2) is 6.16. The number of ketones is 2. The van der Waals surface area contributed by atoms with E-state index in [4.69, 9.17) is 0 Å². The van der Waals surface area contributed by atoms with Crippen LogP contribution in [0.2, 0.25) is 0 Å². The van der Waals surface area contributed by atoms with E-state index in [2.05, 4.69) is 10.3 Å². The van der Waals surface area contributed by atoms with Gasteiger partial charge in [-0.3, -0.25) is 14.4 Å². The molecular weight excluding hydrogens is 294 g/mol. The van der Waals surface area contributed by atoms with Crippen LogP contribution in [0.5, 0.6) is 0 Å². The minimum atomic E-state index is -0.547. The Labute approximate surface area is 133 Å². The number of hydrogen-bond acceptors (Lipinski definition) is 4. The van der Waals surface area contributed by atoms with E-state index < -0.39 is 5.92 Å². The summed E-state index contributed by atoms with van der Waals surface area (Å²) in [5.74, 6) is -0.940. The minimum Gasteiger partial charge on any atom is -0.331 e. The van der Waals surface area contributed by atoms with Crippen LogP contribution in [0.4, 0.5) is 5.69 Å². The van der Waals surface area contributed by atoms with Crippen LogP contribution in [-0.4, -0.2) is 27.0 Å². The van der Waals surface area contributed by atoms with E-state index in [9.17, 15) is 14.4 Å². The van der Waals surface area contributed by atoms with Gasteiger partial charge < -0.3 is 9.88 Å². The molecule has 0 fully saturated rings. The Kier molecular flexibility index (Phi) is 4.06. The summed E-state index contributed by atoms with van der Waals surface area (Å²) in [7, 11) is 1.74. The summed E-state index contributed by atoms with van der Waals surface area (Å²) in [5.41, 5.74) is 1.77. The van der Waals surface area contributed by atoms with Crippen LogP contribution in [0, 0.1) is 0 Å². The highest BCUT2D eigenvalue weighted by atomic mass is 16.2. The van der Waals surface area contributed by atoms with Gasteiger partial charge in [0.15, 0.2) is 5.78 Å². The summed E-state index contributed by atoms with van der Waals surface area (Å²) in [6.45, 7) is 0. The van der Waals surface area contributed by atoms with Crippen molar-refractivity contribution < 1.29 is 14.4 Å². The number of aromatic nitrogens is 2. The first-order chi connectivity index (χ1) is 11.1. The van der Waals surface area contributed by atoms with Crippen LogP contribution in [0.25, 0.3) is 0 Å². The molecule has 1 aromatic carbocycles. The van der Waals surface area contributed by atoms with Crippen molar-refractivity contribution in [3.05, 3.63) is 48.0 Å². The Balaban J connectivity index is 1.95. The third kappa shape index (κ3) is 3.06. The van der Waals surface area contributed by atoms with Gasteiger partial charge >= 0.3 is 0 Å². The van der Waals surface area contributed by atoms with Gasteiger partial charge in [0.25, 0.3) is 0 Å². The van der Waals surface area contributed by atoms with Gasteiger partial charge in [-0.2, -0.15) is 0 Å². The van der Waals surface area contributed by atoms with Crippen LogP contribution < -0.4 is 5.32 Å². The standard InChI is InChI=1S/C17H17N3O3/c1-20-10-18-9-14(20)16(22)8-12-11-4-2-3-5-13(11)19-17(23)7-6-15(12)21/h2-5,9-10,12H,6-8H2,1H3,(H,19,23)/t12-/m0/s1. The normalized spacial score (nSPS) is 17.9. The number of nitrogens with one attached hydrogen (secondary N) is 1. The summed E-state index contributed by atoms with van der Waals surface area (Å²) in [5, 5.41) is 2.81. The molecular formula is C17H17N3O3. The van der Waals surface area contributed by atoms with Gasteiger partial charge in [-0.1, -0.05) is 18.2 Å². The molecule has 0 bridgehead atoms. The number of anilines is 1. The fourth-order valence-electron chi connectivity index (χ4n) is 2.85. The van der Waals surface area contributed by atoms with Crippen LogP contribution in [0.15, 0.2) is 36.8 Å². The molecule has 6 heteroatoms. The molecule has 0 saturated carbocycles. The molecule has 6 nitrogen and oxygen atoms in total. The molecule has 2 heterocycles.